The highest BCUT2D eigenvalue weighted by molar-refractivity contribution is 6.33. The molecule has 0 atom stereocenters. The average Bonchev–Trinajstić information content (AvgIpc) is 2.32. The van der Waals surface area contributed by atoms with Gasteiger partial charge in [0.1, 0.15) is 5.82 Å². The van der Waals surface area contributed by atoms with Crippen LogP contribution in [0.25, 0.3) is 0 Å². The molecule has 19 heavy (non-hydrogen) atoms. The van der Waals surface area contributed by atoms with Crippen LogP contribution in [-0.4, -0.2) is 10.2 Å². The summed E-state index contributed by atoms with van der Waals surface area (Å²) >= 11 is 5.73. The van der Waals surface area contributed by atoms with Gasteiger partial charge in [0.15, 0.2) is 17.3 Å². The predicted molar refractivity (Wildman–Crippen MR) is 68.5 cm³/mol. The summed E-state index contributed by atoms with van der Waals surface area (Å²) in [5.41, 5.74) is 0.589. The van der Waals surface area contributed by atoms with Crippen LogP contribution in [0.5, 0.6) is 11.5 Å². The number of phenolic OH excluding ortho intramolecular Hbond substituents is 2. The van der Waals surface area contributed by atoms with Crippen LogP contribution in [0.15, 0.2) is 30.3 Å². The van der Waals surface area contributed by atoms with Gasteiger partial charge in [-0.3, -0.25) is 0 Å². The van der Waals surface area contributed by atoms with Crippen molar-refractivity contribution in [1.82, 2.24) is 0 Å². The lowest BCUT2D eigenvalue weighted by molar-refractivity contribution is 0.403. The van der Waals surface area contributed by atoms with Crippen LogP contribution < -0.4 is 5.32 Å². The first kappa shape index (κ1) is 13.4. The molecule has 0 radical (unpaired) electrons. The van der Waals surface area contributed by atoms with Gasteiger partial charge in [0.25, 0.3) is 0 Å². The van der Waals surface area contributed by atoms with Gasteiger partial charge in [-0.2, -0.15) is 0 Å². The predicted octanol–water partition coefficient (Wildman–Crippen LogP) is 3.64. The van der Waals surface area contributed by atoms with Crippen LogP contribution >= 0.6 is 11.6 Å². The van der Waals surface area contributed by atoms with Crippen molar-refractivity contribution >= 4 is 17.3 Å². The normalized spacial score (nSPS) is 10.5. The topological polar surface area (TPSA) is 52.5 Å². The Morgan fingerprint density at radius 3 is 2.42 bits per heavy atom. The highest BCUT2D eigenvalue weighted by Crippen LogP contribution is 2.28. The minimum atomic E-state index is -0.798. The molecule has 0 aliphatic heterocycles. The number of nitrogens with one attached hydrogen (secondary N) is 1. The average molecular weight is 286 g/mol. The summed E-state index contributed by atoms with van der Waals surface area (Å²) in [4.78, 5) is 0. The molecule has 100 valence electrons. The summed E-state index contributed by atoms with van der Waals surface area (Å²) < 4.78 is 26.3. The summed E-state index contributed by atoms with van der Waals surface area (Å²) in [5, 5.41) is 21.1. The van der Waals surface area contributed by atoms with Gasteiger partial charge < -0.3 is 15.5 Å². The van der Waals surface area contributed by atoms with E-state index in [1.54, 1.807) is 6.07 Å². The van der Waals surface area contributed by atoms with Crippen LogP contribution in [0.1, 0.15) is 5.56 Å². The van der Waals surface area contributed by atoms with E-state index in [-0.39, 0.29) is 28.8 Å². The molecule has 0 saturated heterocycles. The summed E-state index contributed by atoms with van der Waals surface area (Å²) in [6.07, 6.45) is 0. The van der Waals surface area contributed by atoms with Crippen molar-refractivity contribution in [2.45, 2.75) is 6.54 Å². The lowest BCUT2D eigenvalue weighted by Crippen LogP contribution is -2.02. The molecule has 6 heteroatoms. The SMILES string of the molecule is Oc1ccc(CNc2c(F)cc(F)cc2Cl)cc1O. The smallest absolute Gasteiger partial charge is 0.157 e. The van der Waals surface area contributed by atoms with Crippen LogP contribution in [0.4, 0.5) is 14.5 Å². The molecule has 2 rings (SSSR count). The molecular weight excluding hydrogens is 276 g/mol. The Hall–Kier alpha value is -2.01. The number of hydrogen-bond acceptors (Lipinski definition) is 3. The second-order valence-corrected chi connectivity index (χ2v) is 4.33. The standard InChI is InChI=1S/C13H10ClF2NO2/c14-9-4-8(15)5-10(16)13(9)17-6-7-1-2-11(18)12(19)3-7/h1-5,17-19H,6H2. The van der Waals surface area contributed by atoms with Gasteiger partial charge in [-0.25, -0.2) is 8.78 Å². The maximum atomic E-state index is 13.5. The van der Waals surface area contributed by atoms with E-state index in [9.17, 15) is 13.9 Å². The fourth-order valence-electron chi connectivity index (χ4n) is 1.58. The van der Waals surface area contributed by atoms with Crippen molar-refractivity contribution < 1.29 is 19.0 Å². The summed E-state index contributed by atoms with van der Waals surface area (Å²) in [5.74, 6) is -2.07. The first-order valence-corrected chi connectivity index (χ1v) is 5.74. The molecule has 0 aromatic heterocycles. The molecule has 0 fully saturated rings. The van der Waals surface area contributed by atoms with E-state index in [1.165, 1.54) is 12.1 Å². The Labute approximate surface area is 113 Å². The number of phenols is 2. The molecule has 0 unspecified atom stereocenters. The van der Waals surface area contributed by atoms with Gasteiger partial charge in [-0.15, -0.1) is 0 Å². The van der Waals surface area contributed by atoms with Gasteiger partial charge in [0, 0.05) is 12.6 Å². The Balaban J connectivity index is 2.16. The van der Waals surface area contributed by atoms with Crippen molar-refractivity contribution in [1.29, 1.82) is 0 Å². The van der Waals surface area contributed by atoms with Crippen LogP contribution in [-0.2, 0) is 6.54 Å². The van der Waals surface area contributed by atoms with E-state index in [0.717, 1.165) is 12.1 Å². The van der Waals surface area contributed by atoms with E-state index in [2.05, 4.69) is 5.32 Å². The van der Waals surface area contributed by atoms with Gasteiger partial charge in [-0.05, 0) is 23.8 Å². The monoisotopic (exact) mass is 285 g/mol. The first-order chi connectivity index (χ1) is 8.97. The van der Waals surface area contributed by atoms with E-state index in [4.69, 9.17) is 16.7 Å². The highest BCUT2D eigenvalue weighted by Gasteiger charge is 2.10. The molecule has 2 aromatic rings. The molecule has 0 aliphatic carbocycles. The Morgan fingerprint density at radius 2 is 1.79 bits per heavy atom. The molecule has 0 heterocycles. The van der Waals surface area contributed by atoms with Crippen molar-refractivity contribution in [3.63, 3.8) is 0 Å². The van der Waals surface area contributed by atoms with Crippen LogP contribution in [0.2, 0.25) is 5.02 Å². The Morgan fingerprint density at radius 1 is 1.05 bits per heavy atom. The first-order valence-electron chi connectivity index (χ1n) is 5.36. The molecule has 0 saturated carbocycles. The Bertz CT molecular complexity index is 597. The lowest BCUT2D eigenvalue weighted by Gasteiger charge is -2.10. The molecular formula is C13H10ClF2NO2. The number of hydrogen-bond donors (Lipinski definition) is 3. The van der Waals surface area contributed by atoms with Crippen LogP contribution in [0, 0.1) is 11.6 Å². The van der Waals surface area contributed by atoms with E-state index in [1.807, 2.05) is 0 Å². The van der Waals surface area contributed by atoms with E-state index >= 15 is 0 Å². The lowest BCUT2D eigenvalue weighted by atomic mass is 10.2. The third-order valence-corrected chi connectivity index (χ3v) is 2.81. The van der Waals surface area contributed by atoms with Gasteiger partial charge in [-0.1, -0.05) is 17.7 Å². The largest absolute Gasteiger partial charge is 0.504 e. The quantitative estimate of drug-likeness (QED) is 0.755. The fraction of sp³-hybridized carbons (Fsp3) is 0.0769. The van der Waals surface area contributed by atoms with Crippen LogP contribution in [0.3, 0.4) is 0 Å². The molecule has 0 spiro atoms. The number of aromatic hydroxyl groups is 2. The van der Waals surface area contributed by atoms with Gasteiger partial charge >= 0.3 is 0 Å². The Kier molecular flexibility index (Phi) is 3.76. The van der Waals surface area contributed by atoms with E-state index in [0.29, 0.717) is 5.56 Å². The number of rotatable bonds is 3. The summed E-state index contributed by atoms with van der Waals surface area (Å²) in [7, 11) is 0. The zero-order valence-corrected chi connectivity index (χ0v) is 10.4. The minimum Gasteiger partial charge on any atom is -0.504 e. The van der Waals surface area contributed by atoms with Crippen molar-refractivity contribution in [3.05, 3.63) is 52.6 Å². The molecule has 3 N–H and O–H groups in total. The van der Waals surface area contributed by atoms with Gasteiger partial charge in [0.2, 0.25) is 0 Å². The summed E-state index contributed by atoms with van der Waals surface area (Å²) in [6, 6.07) is 5.92. The van der Waals surface area contributed by atoms with Crippen molar-refractivity contribution in [2.75, 3.05) is 5.32 Å². The van der Waals surface area contributed by atoms with E-state index < -0.39 is 11.6 Å². The molecule has 0 aliphatic rings. The molecule has 0 amide bonds. The van der Waals surface area contributed by atoms with Gasteiger partial charge in [0.05, 0.1) is 10.7 Å². The molecule has 2 aromatic carbocycles. The second-order valence-electron chi connectivity index (χ2n) is 3.92. The van der Waals surface area contributed by atoms with Crippen molar-refractivity contribution in [2.24, 2.45) is 0 Å². The van der Waals surface area contributed by atoms with Crippen molar-refractivity contribution in [3.8, 4) is 11.5 Å². The molecule has 3 nitrogen and oxygen atoms in total. The fourth-order valence-corrected chi connectivity index (χ4v) is 1.84. The zero-order valence-electron chi connectivity index (χ0n) is 9.62. The highest BCUT2D eigenvalue weighted by atomic mass is 35.5. The number of halogens is 3. The minimum absolute atomic E-state index is 0.0179. The third kappa shape index (κ3) is 3.06. The number of benzene rings is 2. The maximum absolute atomic E-state index is 13.5. The third-order valence-electron chi connectivity index (χ3n) is 2.52. The zero-order chi connectivity index (χ0) is 14.0. The molecule has 0 bridgehead atoms. The number of anilines is 1. The second kappa shape index (κ2) is 5.32. The maximum Gasteiger partial charge on any atom is 0.157 e. The summed E-state index contributed by atoms with van der Waals surface area (Å²) in [6.45, 7) is 0.163.